The first kappa shape index (κ1) is 12.7. The highest BCUT2D eigenvalue weighted by Crippen LogP contribution is 2.36. The van der Waals surface area contributed by atoms with Crippen LogP contribution in [-0.4, -0.2) is 24.5 Å². The van der Waals surface area contributed by atoms with E-state index in [2.05, 4.69) is 17.0 Å². The molecule has 1 aliphatic rings. The van der Waals surface area contributed by atoms with Gasteiger partial charge in [0.15, 0.2) is 0 Å². The van der Waals surface area contributed by atoms with Crippen molar-refractivity contribution in [2.45, 2.75) is 45.1 Å². The van der Waals surface area contributed by atoms with Crippen LogP contribution in [0, 0.1) is 0 Å². The molecule has 1 amide bonds. The summed E-state index contributed by atoms with van der Waals surface area (Å²) in [5.74, 6) is -0.545. The topological polar surface area (TPSA) is 55.4 Å². The Balaban J connectivity index is 2.52. The van der Waals surface area contributed by atoms with E-state index in [1.54, 1.807) is 6.08 Å². The van der Waals surface area contributed by atoms with Crippen LogP contribution in [0.15, 0.2) is 11.6 Å². The Morgan fingerprint density at radius 1 is 1.44 bits per heavy atom. The minimum absolute atomic E-state index is 0.200. The van der Waals surface area contributed by atoms with Crippen molar-refractivity contribution in [2.24, 2.45) is 0 Å². The number of ether oxygens (including phenoxy) is 1. The summed E-state index contributed by atoms with van der Waals surface area (Å²) in [6.07, 6.45) is 4.82. The van der Waals surface area contributed by atoms with Crippen LogP contribution in [0.4, 0.5) is 0 Å². The van der Waals surface area contributed by atoms with Gasteiger partial charge >= 0.3 is 5.97 Å². The van der Waals surface area contributed by atoms with Gasteiger partial charge in [-0.25, -0.2) is 4.79 Å². The van der Waals surface area contributed by atoms with Crippen molar-refractivity contribution in [3.05, 3.63) is 11.6 Å². The molecule has 4 nitrogen and oxygen atoms in total. The Morgan fingerprint density at radius 2 is 2.06 bits per heavy atom. The molecule has 0 radical (unpaired) electrons. The predicted octanol–water partition coefficient (Wildman–Crippen LogP) is 1.55. The predicted molar refractivity (Wildman–Crippen MR) is 60.8 cm³/mol. The molecular weight excluding hydrogens is 206 g/mol. The van der Waals surface area contributed by atoms with Gasteiger partial charge in [0.05, 0.1) is 7.11 Å². The van der Waals surface area contributed by atoms with Crippen molar-refractivity contribution in [1.82, 2.24) is 5.32 Å². The molecule has 0 bridgehead atoms. The van der Waals surface area contributed by atoms with Crippen LogP contribution in [0.2, 0.25) is 0 Å². The fourth-order valence-electron chi connectivity index (χ4n) is 1.66. The van der Waals surface area contributed by atoms with E-state index in [0.717, 1.165) is 18.4 Å². The Labute approximate surface area is 96.0 Å². The van der Waals surface area contributed by atoms with Crippen molar-refractivity contribution in [1.29, 1.82) is 0 Å². The van der Waals surface area contributed by atoms with Crippen LogP contribution in [0.25, 0.3) is 0 Å². The quantitative estimate of drug-likeness (QED) is 0.570. The zero-order chi connectivity index (χ0) is 12.2. The molecule has 1 N–H and O–H groups in total. The summed E-state index contributed by atoms with van der Waals surface area (Å²) in [5.41, 5.74) is 0.287. The van der Waals surface area contributed by atoms with Crippen molar-refractivity contribution >= 4 is 11.9 Å². The molecule has 0 unspecified atom stereocenters. The first-order chi connectivity index (χ1) is 7.54. The number of amides is 1. The molecule has 4 heteroatoms. The lowest BCUT2D eigenvalue weighted by molar-refractivity contribution is -0.145. The van der Waals surface area contributed by atoms with Crippen LogP contribution in [0.5, 0.6) is 0 Å². The lowest BCUT2D eigenvalue weighted by atomic mass is 10.1. The van der Waals surface area contributed by atoms with Crippen molar-refractivity contribution < 1.29 is 14.3 Å². The van der Waals surface area contributed by atoms with Gasteiger partial charge in [-0.2, -0.15) is 0 Å². The lowest BCUT2D eigenvalue weighted by Gasteiger charge is -2.13. The molecule has 0 heterocycles. The molecule has 1 aliphatic carbocycles. The smallest absolute Gasteiger partial charge is 0.331 e. The fraction of sp³-hybridized carbons (Fsp3) is 0.667. The van der Waals surface area contributed by atoms with E-state index in [4.69, 9.17) is 0 Å². The van der Waals surface area contributed by atoms with E-state index in [9.17, 15) is 9.59 Å². The molecule has 0 spiro atoms. The molecule has 0 aliphatic heterocycles. The number of methoxy groups -OCH3 is 1. The molecule has 0 aromatic rings. The van der Waals surface area contributed by atoms with Gasteiger partial charge in [0.25, 0.3) is 0 Å². The monoisotopic (exact) mass is 225 g/mol. The second kappa shape index (κ2) is 5.14. The van der Waals surface area contributed by atoms with E-state index in [-0.39, 0.29) is 11.9 Å². The summed E-state index contributed by atoms with van der Waals surface area (Å²) in [6.45, 7) is 3.98. The van der Waals surface area contributed by atoms with Gasteiger partial charge in [0.2, 0.25) is 5.91 Å². The summed E-state index contributed by atoms with van der Waals surface area (Å²) in [6, 6.07) is 0. The van der Waals surface area contributed by atoms with Crippen molar-refractivity contribution in [3.8, 4) is 0 Å². The van der Waals surface area contributed by atoms with Gasteiger partial charge in [-0.15, -0.1) is 0 Å². The lowest BCUT2D eigenvalue weighted by Crippen LogP contribution is -2.43. The average Bonchev–Trinajstić information content (AvgIpc) is 2.97. The van der Waals surface area contributed by atoms with Crippen molar-refractivity contribution in [2.75, 3.05) is 7.11 Å². The molecule has 16 heavy (non-hydrogen) atoms. The van der Waals surface area contributed by atoms with Crippen LogP contribution in [-0.2, 0) is 14.3 Å². The third-order valence-corrected chi connectivity index (χ3v) is 2.71. The molecule has 0 saturated heterocycles. The molecule has 90 valence electrons. The van der Waals surface area contributed by atoms with E-state index in [0.29, 0.717) is 12.8 Å². The summed E-state index contributed by atoms with van der Waals surface area (Å²) in [5, 5.41) is 2.72. The number of rotatable bonds is 5. The van der Waals surface area contributed by atoms with Crippen LogP contribution >= 0.6 is 0 Å². The maximum Gasteiger partial charge on any atom is 0.331 e. The van der Waals surface area contributed by atoms with Crippen LogP contribution in [0.1, 0.15) is 39.5 Å². The number of hydrogen-bond acceptors (Lipinski definition) is 3. The Morgan fingerprint density at radius 3 is 2.50 bits per heavy atom. The van der Waals surface area contributed by atoms with Gasteiger partial charge in [-0.3, -0.25) is 4.79 Å². The molecule has 0 aromatic heterocycles. The van der Waals surface area contributed by atoms with Gasteiger partial charge in [0.1, 0.15) is 5.54 Å². The Hall–Kier alpha value is -1.32. The first-order valence-electron chi connectivity index (χ1n) is 5.62. The minimum Gasteiger partial charge on any atom is -0.467 e. The zero-order valence-electron chi connectivity index (χ0n) is 10.1. The van der Waals surface area contributed by atoms with Crippen LogP contribution in [0.3, 0.4) is 0 Å². The Bertz CT molecular complexity index is 316. The SMILES string of the molecule is CCC/C(C)=C/C(=O)NC1(C(=O)OC)CC1. The van der Waals surface area contributed by atoms with E-state index < -0.39 is 5.54 Å². The molecule has 1 rings (SSSR count). The molecule has 0 atom stereocenters. The average molecular weight is 225 g/mol. The highest BCUT2D eigenvalue weighted by molar-refractivity contribution is 5.95. The molecule has 1 saturated carbocycles. The Kier molecular flexibility index (Phi) is 4.10. The van der Waals surface area contributed by atoms with E-state index in [1.165, 1.54) is 7.11 Å². The van der Waals surface area contributed by atoms with Gasteiger partial charge in [0, 0.05) is 6.08 Å². The van der Waals surface area contributed by atoms with Gasteiger partial charge in [-0.1, -0.05) is 18.9 Å². The first-order valence-corrected chi connectivity index (χ1v) is 5.62. The van der Waals surface area contributed by atoms with Gasteiger partial charge in [-0.05, 0) is 26.2 Å². The normalized spacial score (nSPS) is 17.8. The van der Waals surface area contributed by atoms with E-state index >= 15 is 0 Å². The zero-order valence-corrected chi connectivity index (χ0v) is 10.1. The summed E-state index contributed by atoms with van der Waals surface area (Å²) >= 11 is 0. The number of carbonyl (C=O) groups excluding carboxylic acids is 2. The largest absolute Gasteiger partial charge is 0.467 e. The molecular formula is C12H19NO3. The highest BCUT2D eigenvalue weighted by Gasteiger charge is 2.52. The molecule has 1 fully saturated rings. The maximum absolute atomic E-state index is 11.6. The number of carbonyl (C=O) groups is 2. The standard InChI is InChI=1S/C12H19NO3/c1-4-5-9(2)8-10(14)13-12(6-7-12)11(15)16-3/h8H,4-7H2,1-3H3,(H,13,14)/b9-8+. The second-order valence-corrected chi connectivity index (χ2v) is 4.30. The number of esters is 1. The van der Waals surface area contributed by atoms with Crippen molar-refractivity contribution in [3.63, 3.8) is 0 Å². The summed E-state index contributed by atoms with van der Waals surface area (Å²) in [7, 11) is 1.34. The summed E-state index contributed by atoms with van der Waals surface area (Å²) < 4.78 is 4.66. The minimum atomic E-state index is -0.741. The fourth-order valence-corrected chi connectivity index (χ4v) is 1.66. The third-order valence-electron chi connectivity index (χ3n) is 2.71. The van der Waals surface area contributed by atoms with Gasteiger partial charge < -0.3 is 10.1 Å². The number of allylic oxidation sites excluding steroid dienone is 1. The van der Waals surface area contributed by atoms with Crippen LogP contribution < -0.4 is 5.32 Å². The second-order valence-electron chi connectivity index (χ2n) is 4.30. The molecule has 0 aromatic carbocycles. The summed E-state index contributed by atoms with van der Waals surface area (Å²) in [4.78, 5) is 23.0. The van der Waals surface area contributed by atoms with E-state index in [1.807, 2.05) is 6.92 Å². The maximum atomic E-state index is 11.6. The number of nitrogens with one attached hydrogen (secondary N) is 1. The highest BCUT2D eigenvalue weighted by atomic mass is 16.5. The third kappa shape index (κ3) is 3.08. The number of hydrogen-bond donors (Lipinski definition) is 1.